The Morgan fingerprint density at radius 3 is 1.50 bits per heavy atom. The van der Waals surface area contributed by atoms with Crippen molar-refractivity contribution >= 4 is 5.91 Å². The van der Waals surface area contributed by atoms with Crippen LogP contribution in [0.5, 0.6) is 0 Å². The molecule has 0 aromatic heterocycles. The molecule has 308 valence electrons. The van der Waals surface area contributed by atoms with Crippen LogP contribution in [0.2, 0.25) is 0 Å². The molecular formula is C43H83NO8. The molecule has 0 radical (unpaired) electrons. The number of carbonyl (C=O) groups is 1. The lowest BCUT2D eigenvalue weighted by molar-refractivity contribution is -0.302. The monoisotopic (exact) mass is 742 g/mol. The van der Waals surface area contributed by atoms with Gasteiger partial charge in [-0.1, -0.05) is 187 Å². The van der Waals surface area contributed by atoms with E-state index >= 15 is 0 Å². The van der Waals surface area contributed by atoms with E-state index in [4.69, 9.17) is 9.47 Å². The second-order valence-electron chi connectivity index (χ2n) is 15.5. The first-order valence-electron chi connectivity index (χ1n) is 21.9. The molecule has 0 aromatic carbocycles. The van der Waals surface area contributed by atoms with Crippen molar-refractivity contribution in [3.8, 4) is 0 Å². The second-order valence-corrected chi connectivity index (χ2v) is 15.5. The zero-order valence-corrected chi connectivity index (χ0v) is 33.6. The maximum Gasteiger partial charge on any atom is 0.220 e. The van der Waals surface area contributed by atoms with Crippen LogP contribution in [-0.2, 0) is 14.3 Å². The minimum Gasteiger partial charge on any atom is -0.394 e. The van der Waals surface area contributed by atoms with Crippen LogP contribution in [0.15, 0.2) is 12.2 Å². The average molecular weight is 742 g/mol. The molecule has 2 unspecified atom stereocenters. The summed E-state index contributed by atoms with van der Waals surface area (Å²) in [6.45, 7) is 3.77. The molecule has 0 aliphatic carbocycles. The van der Waals surface area contributed by atoms with Crippen LogP contribution < -0.4 is 5.32 Å². The van der Waals surface area contributed by atoms with E-state index in [0.29, 0.717) is 6.42 Å². The molecule has 1 amide bonds. The van der Waals surface area contributed by atoms with Crippen LogP contribution in [0.4, 0.5) is 0 Å². The van der Waals surface area contributed by atoms with Crippen molar-refractivity contribution in [1.29, 1.82) is 0 Å². The summed E-state index contributed by atoms with van der Waals surface area (Å²) in [4.78, 5) is 12.9. The maximum absolute atomic E-state index is 12.9. The van der Waals surface area contributed by atoms with Gasteiger partial charge in [0, 0.05) is 6.42 Å². The van der Waals surface area contributed by atoms with Gasteiger partial charge in [0.1, 0.15) is 24.4 Å². The Bertz CT molecular complexity index is 827. The SMILES string of the molecule is CCCCCCCCCCCCC/C=C/[C@@H](O)[C@H](CO[C@@H]1O[C@H](CO)[C@@H](O)C(O)C1O)NC(=O)CCCCCCCCCCCCCCCCCC. The molecule has 0 saturated carbocycles. The molecule has 52 heavy (non-hydrogen) atoms. The first-order valence-corrected chi connectivity index (χ1v) is 21.9. The highest BCUT2D eigenvalue weighted by molar-refractivity contribution is 5.76. The molecule has 6 N–H and O–H groups in total. The van der Waals surface area contributed by atoms with Crippen LogP contribution in [0.1, 0.15) is 200 Å². The molecule has 0 aromatic rings. The normalized spacial score (nSPS) is 21.9. The fourth-order valence-electron chi connectivity index (χ4n) is 7.04. The Kier molecular flexibility index (Phi) is 32.4. The quantitative estimate of drug-likeness (QED) is 0.0277. The van der Waals surface area contributed by atoms with Gasteiger partial charge in [-0.3, -0.25) is 4.79 Å². The maximum atomic E-state index is 12.9. The smallest absolute Gasteiger partial charge is 0.220 e. The predicted molar refractivity (Wildman–Crippen MR) is 212 cm³/mol. The largest absolute Gasteiger partial charge is 0.394 e. The van der Waals surface area contributed by atoms with Crippen molar-refractivity contribution in [1.82, 2.24) is 5.32 Å². The van der Waals surface area contributed by atoms with Gasteiger partial charge in [0.15, 0.2) is 6.29 Å². The minimum absolute atomic E-state index is 0.175. The minimum atomic E-state index is -1.56. The summed E-state index contributed by atoms with van der Waals surface area (Å²) < 4.78 is 11.2. The third kappa shape index (κ3) is 25.1. The van der Waals surface area contributed by atoms with Crippen molar-refractivity contribution in [2.45, 2.75) is 243 Å². The van der Waals surface area contributed by atoms with Crippen LogP contribution in [0.25, 0.3) is 0 Å². The number of amides is 1. The third-order valence-corrected chi connectivity index (χ3v) is 10.6. The number of allylic oxidation sites excluding steroid dienone is 1. The molecule has 9 nitrogen and oxygen atoms in total. The molecule has 1 rings (SSSR count). The second kappa shape index (κ2) is 34.4. The Balaban J connectivity index is 2.37. The summed E-state index contributed by atoms with van der Waals surface area (Å²) in [5.74, 6) is -0.175. The number of nitrogens with one attached hydrogen (secondary N) is 1. The summed E-state index contributed by atoms with van der Waals surface area (Å²) in [7, 11) is 0. The van der Waals surface area contributed by atoms with Crippen molar-refractivity contribution in [2.75, 3.05) is 13.2 Å². The van der Waals surface area contributed by atoms with E-state index in [1.807, 2.05) is 6.08 Å². The molecule has 9 heteroatoms. The highest BCUT2D eigenvalue weighted by atomic mass is 16.7. The average Bonchev–Trinajstić information content (AvgIpc) is 3.14. The lowest BCUT2D eigenvalue weighted by atomic mass is 9.99. The number of rotatable bonds is 36. The number of hydrogen-bond acceptors (Lipinski definition) is 8. The van der Waals surface area contributed by atoms with Gasteiger partial charge in [-0.2, -0.15) is 0 Å². The molecule has 1 heterocycles. The highest BCUT2D eigenvalue weighted by Gasteiger charge is 2.44. The van der Waals surface area contributed by atoms with Crippen molar-refractivity contribution in [2.24, 2.45) is 0 Å². The Labute approximate surface area is 318 Å². The topological polar surface area (TPSA) is 149 Å². The summed E-state index contributed by atoms with van der Waals surface area (Å²) in [5, 5.41) is 54.1. The third-order valence-electron chi connectivity index (χ3n) is 10.6. The summed E-state index contributed by atoms with van der Waals surface area (Å²) >= 11 is 0. The van der Waals surface area contributed by atoms with E-state index in [2.05, 4.69) is 19.2 Å². The van der Waals surface area contributed by atoms with Gasteiger partial charge in [-0.15, -0.1) is 0 Å². The van der Waals surface area contributed by atoms with Gasteiger partial charge in [0.2, 0.25) is 5.91 Å². The van der Waals surface area contributed by atoms with Crippen LogP contribution in [0.3, 0.4) is 0 Å². The fraction of sp³-hybridized carbons (Fsp3) is 0.930. The Hall–Kier alpha value is -1.07. The molecule has 1 saturated heterocycles. The molecule has 1 aliphatic rings. The molecule has 1 fully saturated rings. The summed E-state index contributed by atoms with van der Waals surface area (Å²) in [6, 6.07) is -0.797. The lowest BCUT2D eigenvalue weighted by Crippen LogP contribution is -2.60. The van der Waals surface area contributed by atoms with Gasteiger partial charge in [0.25, 0.3) is 0 Å². The molecule has 7 atom stereocenters. The van der Waals surface area contributed by atoms with Crippen molar-refractivity contribution in [3.05, 3.63) is 12.2 Å². The van der Waals surface area contributed by atoms with Gasteiger partial charge in [0.05, 0.1) is 25.4 Å². The zero-order chi connectivity index (χ0) is 38.1. The molecule has 1 aliphatic heterocycles. The number of aliphatic hydroxyl groups excluding tert-OH is 5. The number of carbonyl (C=O) groups excluding carboxylic acids is 1. The van der Waals surface area contributed by atoms with E-state index in [9.17, 15) is 30.3 Å². The molecular weight excluding hydrogens is 658 g/mol. The number of hydrogen-bond donors (Lipinski definition) is 6. The molecule has 0 spiro atoms. The van der Waals surface area contributed by atoms with E-state index < -0.39 is 49.5 Å². The highest BCUT2D eigenvalue weighted by Crippen LogP contribution is 2.22. The van der Waals surface area contributed by atoms with E-state index in [-0.39, 0.29) is 12.5 Å². The van der Waals surface area contributed by atoms with Gasteiger partial charge in [-0.25, -0.2) is 0 Å². The zero-order valence-electron chi connectivity index (χ0n) is 33.6. The van der Waals surface area contributed by atoms with E-state index in [1.54, 1.807) is 6.08 Å². The Morgan fingerprint density at radius 2 is 1.06 bits per heavy atom. The first-order chi connectivity index (χ1) is 25.3. The van der Waals surface area contributed by atoms with Gasteiger partial charge < -0.3 is 40.3 Å². The first kappa shape index (κ1) is 48.9. The van der Waals surface area contributed by atoms with E-state index in [0.717, 1.165) is 38.5 Å². The van der Waals surface area contributed by atoms with Crippen molar-refractivity contribution in [3.63, 3.8) is 0 Å². The van der Waals surface area contributed by atoms with Crippen LogP contribution in [0, 0.1) is 0 Å². The number of aliphatic hydroxyl groups is 5. The number of unbranched alkanes of at least 4 members (excludes halogenated alkanes) is 26. The van der Waals surface area contributed by atoms with E-state index in [1.165, 1.54) is 141 Å². The van der Waals surface area contributed by atoms with Crippen molar-refractivity contribution < 1.29 is 39.8 Å². The van der Waals surface area contributed by atoms with Crippen LogP contribution >= 0.6 is 0 Å². The van der Waals surface area contributed by atoms with Gasteiger partial charge in [-0.05, 0) is 19.3 Å². The Morgan fingerprint density at radius 1 is 0.635 bits per heavy atom. The van der Waals surface area contributed by atoms with Crippen LogP contribution in [-0.4, -0.2) is 87.5 Å². The standard InChI is InChI=1S/C43H83NO8/c1-3-5-7-9-11-13-15-17-18-19-21-23-25-27-29-31-33-39(47)44-36(35-51-43-42(50)41(49)40(48)38(34-45)52-43)37(46)32-30-28-26-24-22-20-16-14-12-10-8-6-4-2/h30,32,36-38,40-43,45-46,48-50H,3-29,31,33-35H2,1-2H3,(H,44,47)/b32-30+/t36-,37+,38+,40+,41?,42?,43+/m0/s1. The lowest BCUT2D eigenvalue weighted by Gasteiger charge is -2.40. The molecule has 0 bridgehead atoms. The summed E-state index contributed by atoms with van der Waals surface area (Å²) in [5.41, 5.74) is 0. The van der Waals surface area contributed by atoms with Gasteiger partial charge >= 0.3 is 0 Å². The fourth-order valence-corrected chi connectivity index (χ4v) is 7.04. The summed E-state index contributed by atoms with van der Waals surface area (Å²) in [6.07, 6.45) is 31.0. The predicted octanol–water partition coefficient (Wildman–Crippen LogP) is 8.56. The number of ether oxygens (including phenoxy) is 2.